The van der Waals surface area contributed by atoms with Gasteiger partial charge >= 0.3 is 29.8 Å². The SMILES string of the molecule is CC1OC(OCC2OC(OC3CC4C(OC5OC(COC(=O)CC(=O)O)C(O)C(O)C5O)CC(O)CC4OC3C3CC(OC4OC(COC(=O)C=CC5CCC(O)C(O)C5)C(O)C(O)C4O)C(O)C(OC4OC(COC(=O)C=CC5CCC(O)C(O)C5)C(O)C(O)C4O)C3)C(O)C(O)C2O)C(O)C(O)C1OC(=O)C=CC1CCC(O)CC1. The molecule has 42 heteroatoms. The van der Waals surface area contributed by atoms with Crippen LogP contribution in [0.15, 0.2) is 36.5 Å². The van der Waals surface area contributed by atoms with Gasteiger partial charge in [0.05, 0.1) is 86.0 Å². The molecule has 0 aromatic rings. The Labute approximate surface area is 670 Å². The van der Waals surface area contributed by atoms with Gasteiger partial charge in [0.15, 0.2) is 37.6 Å². The molecule has 6 aliphatic heterocycles. The highest BCUT2D eigenvalue weighted by Gasteiger charge is 2.58. The molecule has 11 aliphatic rings. The Morgan fingerprint density at radius 2 is 0.761 bits per heavy atom. The summed E-state index contributed by atoms with van der Waals surface area (Å²) in [6.45, 7) is -1.89. The first kappa shape index (κ1) is 93.0. The van der Waals surface area contributed by atoms with Gasteiger partial charge in [-0.15, -0.1) is 0 Å². The van der Waals surface area contributed by atoms with Crippen molar-refractivity contribution in [2.45, 2.75) is 343 Å². The average molecular weight is 1690 g/mol. The van der Waals surface area contributed by atoms with Crippen LogP contribution < -0.4 is 0 Å². The van der Waals surface area contributed by atoms with E-state index in [4.69, 9.17) is 76.2 Å². The third kappa shape index (κ3) is 23.4. The van der Waals surface area contributed by atoms with Gasteiger partial charge in [-0.3, -0.25) is 9.59 Å². The van der Waals surface area contributed by atoms with Crippen molar-refractivity contribution in [2.24, 2.45) is 29.6 Å². The van der Waals surface area contributed by atoms with E-state index in [1.807, 2.05) is 0 Å². The maximum Gasteiger partial charge on any atom is 0.330 e. The molecule has 5 aliphatic carbocycles. The molecular weight excluding hydrogens is 1570 g/mol. The van der Waals surface area contributed by atoms with E-state index in [9.17, 15) is 131 Å². The molecule has 0 spiro atoms. The van der Waals surface area contributed by atoms with Crippen LogP contribution in [0.25, 0.3) is 0 Å². The zero-order valence-corrected chi connectivity index (χ0v) is 63.9. The fourth-order valence-electron chi connectivity index (χ4n) is 17.2. The number of carboxylic acids is 1. The Hall–Kier alpha value is -4.71. The summed E-state index contributed by atoms with van der Waals surface area (Å²) in [5.41, 5.74) is 0. The van der Waals surface area contributed by atoms with E-state index in [2.05, 4.69) is 0 Å². The van der Waals surface area contributed by atoms with Gasteiger partial charge in [0, 0.05) is 30.6 Å². The van der Waals surface area contributed by atoms with Crippen molar-refractivity contribution >= 4 is 29.8 Å². The minimum Gasteiger partial charge on any atom is -0.481 e. The van der Waals surface area contributed by atoms with E-state index in [0.717, 1.165) is 12.2 Å². The number of carboxylic acid groups (broad SMARTS) is 1. The third-order valence-corrected chi connectivity index (χ3v) is 24.2. The van der Waals surface area contributed by atoms with E-state index in [0.29, 0.717) is 38.5 Å². The molecule has 0 amide bonds. The predicted octanol–water partition coefficient (Wildman–Crippen LogP) is -8.78. The molecule has 39 unspecified atom stereocenters. The number of aliphatic hydroxyl groups is 21. The molecule has 666 valence electrons. The second-order valence-electron chi connectivity index (χ2n) is 32.6. The fraction of sp³-hybridized carbons (Fsp3) is 0.853. The zero-order valence-electron chi connectivity index (χ0n) is 63.9. The van der Waals surface area contributed by atoms with Crippen LogP contribution in [0.4, 0.5) is 0 Å². The molecule has 11 fully saturated rings. The monoisotopic (exact) mass is 1690 g/mol. The van der Waals surface area contributed by atoms with Gasteiger partial charge in [0.2, 0.25) is 0 Å². The molecule has 39 atom stereocenters. The van der Waals surface area contributed by atoms with Crippen LogP contribution in [-0.2, 0) is 95.0 Å². The molecule has 11 rings (SSSR count). The highest BCUT2D eigenvalue weighted by Crippen LogP contribution is 2.47. The predicted molar refractivity (Wildman–Crippen MR) is 378 cm³/mol. The molecular formula is C75H114O42. The molecule has 0 radical (unpaired) electrons. The van der Waals surface area contributed by atoms with Gasteiger partial charge < -0.3 is 183 Å². The molecule has 5 saturated carbocycles. The molecule has 0 aromatic carbocycles. The molecule has 6 saturated heterocycles. The fourth-order valence-corrected chi connectivity index (χ4v) is 17.2. The smallest absolute Gasteiger partial charge is 0.330 e. The van der Waals surface area contributed by atoms with Crippen LogP contribution in [0, 0.1) is 29.6 Å². The van der Waals surface area contributed by atoms with Gasteiger partial charge in [-0.1, -0.05) is 18.2 Å². The number of hydrogen-bond acceptors (Lipinski definition) is 41. The third-order valence-electron chi connectivity index (χ3n) is 24.2. The number of carbonyl (C=O) groups excluding carboxylic acids is 4. The quantitative estimate of drug-likeness (QED) is 0.0157. The standard InChI is InChI=1S/C75H114O42/c1-28-69(117-52(86)15-6-29-2-9-33(76)10-3-29)63(97)68(102)71(107-28)106-27-48-58(92)62(96)67(101)75(116-48)112-44-22-35-40(20-34(77)21-41(35)109-72-64(98)59(93)57(91)47(113-72)26-105-53(87)23-49(82)83)108-70(44)32-18-42(110-73-65(99)60(94)55(89)45(114-73)24-103-50(84)13-7-30-4-11-36(78)38(80)16-30)54(88)43(19-32)111-74-66(100)61(95)56(90)46(115-74)25-104-51(85)14-8-31-5-12-37(79)39(81)17-31/h6-8,13-15,28-48,54-81,88-102H,2-5,9-12,16-27H2,1H3,(H,82,83). The lowest BCUT2D eigenvalue weighted by molar-refractivity contribution is -0.357. The zero-order chi connectivity index (χ0) is 84.7. The molecule has 6 heterocycles. The first-order valence-electron chi connectivity index (χ1n) is 39.9. The molecule has 0 aromatic heterocycles. The Kier molecular flexibility index (Phi) is 33.1. The summed E-state index contributed by atoms with van der Waals surface area (Å²) in [6.07, 6.45) is -56.6. The Balaban J connectivity index is 0.874. The van der Waals surface area contributed by atoms with E-state index in [1.165, 1.54) is 25.2 Å². The Bertz CT molecular complexity index is 3200. The first-order chi connectivity index (χ1) is 55.5. The van der Waals surface area contributed by atoms with Gasteiger partial charge in [-0.2, -0.15) is 0 Å². The summed E-state index contributed by atoms with van der Waals surface area (Å²) in [5.74, 6) is -8.67. The summed E-state index contributed by atoms with van der Waals surface area (Å²) in [4.78, 5) is 62.8. The first-order valence-corrected chi connectivity index (χ1v) is 39.9. The van der Waals surface area contributed by atoms with E-state index < -0.39 is 320 Å². The van der Waals surface area contributed by atoms with Crippen molar-refractivity contribution in [1.29, 1.82) is 0 Å². The minimum atomic E-state index is -2.20. The normalized spacial score (nSPS) is 47.6. The number of aliphatic hydroxyl groups excluding tert-OH is 21. The van der Waals surface area contributed by atoms with Gasteiger partial charge in [-0.05, 0) is 120 Å². The number of esters is 4. The lowest BCUT2D eigenvalue weighted by Crippen LogP contribution is -2.65. The molecule has 22 N–H and O–H groups in total. The van der Waals surface area contributed by atoms with Crippen molar-refractivity contribution in [3.05, 3.63) is 36.5 Å². The number of allylic oxidation sites excluding steroid dienone is 3. The average Bonchev–Trinajstić information content (AvgIpc) is 0.754. The highest BCUT2D eigenvalue weighted by molar-refractivity contribution is 5.90. The van der Waals surface area contributed by atoms with Crippen molar-refractivity contribution in [1.82, 2.24) is 0 Å². The van der Waals surface area contributed by atoms with Crippen LogP contribution in [0.1, 0.15) is 110 Å². The number of carbonyl (C=O) groups is 5. The van der Waals surface area contributed by atoms with Crippen LogP contribution >= 0.6 is 0 Å². The van der Waals surface area contributed by atoms with E-state index >= 15 is 0 Å². The number of hydrogen-bond donors (Lipinski definition) is 22. The van der Waals surface area contributed by atoms with Crippen molar-refractivity contribution in [3.8, 4) is 0 Å². The van der Waals surface area contributed by atoms with E-state index in [-0.39, 0.29) is 62.7 Å². The van der Waals surface area contributed by atoms with Gasteiger partial charge in [-0.25, -0.2) is 14.4 Å². The van der Waals surface area contributed by atoms with Gasteiger partial charge in [0.25, 0.3) is 0 Å². The topological polar surface area (TPSA) is 669 Å². The van der Waals surface area contributed by atoms with Crippen LogP contribution in [0.5, 0.6) is 0 Å². The Morgan fingerprint density at radius 3 is 1.22 bits per heavy atom. The number of ether oxygens (including phenoxy) is 15. The molecule has 42 nitrogen and oxygen atoms in total. The van der Waals surface area contributed by atoms with Gasteiger partial charge in [0.1, 0.15) is 142 Å². The summed E-state index contributed by atoms with van der Waals surface area (Å²) in [7, 11) is 0. The summed E-state index contributed by atoms with van der Waals surface area (Å²) >= 11 is 0. The lowest BCUT2D eigenvalue weighted by Gasteiger charge is -2.53. The summed E-state index contributed by atoms with van der Waals surface area (Å²) in [5, 5.41) is 244. The van der Waals surface area contributed by atoms with E-state index in [1.54, 1.807) is 6.08 Å². The van der Waals surface area contributed by atoms with Crippen LogP contribution in [-0.4, -0.2) is 401 Å². The molecule has 0 bridgehead atoms. The summed E-state index contributed by atoms with van der Waals surface area (Å²) in [6, 6.07) is 0. The van der Waals surface area contributed by atoms with Crippen LogP contribution in [0.2, 0.25) is 0 Å². The second kappa shape index (κ2) is 41.6. The van der Waals surface area contributed by atoms with Crippen molar-refractivity contribution in [3.63, 3.8) is 0 Å². The number of aliphatic carboxylic acids is 1. The van der Waals surface area contributed by atoms with Crippen LogP contribution in [0.3, 0.4) is 0 Å². The second-order valence-corrected chi connectivity index (χ2v) is 32.6. The number of rotatable bonds is 27. The molecule has 117 heavy (non-hydrogen) atoms. The largest absolute Gasteiger partial charge is 0.481 e. The number of fused-ring (bicyclic) bond motifs is 1. The minimum absolute atomic E-state index is 0.0255. The maximum absolute atomic E-state index is 13.1. The Morgan fingerprint density at radius 1 is 0.350 bits per heavy atom. The lowest BCUT2D eigenvalue weighted by atomic mass is 9.71. The maximum atomic E-state index is 13.1. The summed E-state index contributed by atoms with van der Waals surface area (Å²) < 4.78 is 89.8. The highest BCUT2D eigenvalue weighted by atomic mass is 16.8. The van der Waals surface area contributed by atoms with Crippen molar-refractivity contribution < 1.29 is 207 Å². The van der Waals surface area contributed by atoms with Crippen molar-refractivity contribution in [2.75, 3.05) is 26.4 Å².